The van der Waals surface area contributed by atoms with Crippen molar-refractivity contribution in [2.24, 2.45) is 0 Å². The summed E-state index contributed by atoms with van der Waals surface area (Å²) in [5.74, 6) is -0.703. The first-order valence-corrected chi connectivity index (χ1v) is 25.1. The molecule has 11 nitrogen and oxygen atoms in total. The van der Waals surface area contributed by atoms with Crippen LogP contribution in [0.25, 0.3) is 0 Å². The molecule has 11 heteroatoms. The van der Waals surface area contributed by atoms with Crippen LogP contribution >= 0.6 is 0 Å². The highest BCUT2D eigenvalue weighted by molar-refractivity contribution is 5.80. The van der Waals surface area contributed by atoms with Crippen molar-refractivity contribution < 1.29 is 50.0 Å². The zero-order valence-corrected chi connectivity index (χ0v) is 38.5. The van der Waals surface area contributed by atoms with Gasteiger partial charge in [-0.25, -0.2) is 0 Å². The molecular weight excluding hydrogens is 763 g/mol. The summed E-state index contributed by atoms with van der Waals surface area (Å²) < 4.78 is 11.1. The Morgan fingerprint density at radius 2 is 0.983 bits per heavy atom. The highest BCUT2D eigenvalue weighted by Gasteiger charge is 2.44. The summed E-state index contributed by atoms with van der Waals surface area (Å²) >= 11 is 0. The van der Waals surface area contributed by atoms with Gasteiger partial charge in [0.2, 0.25) is 5.91 Å². The zero-order valence-electron chi connectivity index (χ0n) is 38.5. The summed E-state index contributed by atoms with van der Waals surface area (Å²) in [6, 6.07) is -1.18. The van der Waals surface area contributed by atoms with E-state index in [1.165, 1.54) is 148 Å². The second-order valence-electron chi connectivity index (χ2n) is 17.9. The van der Waals surface area contributed by atoms with Crippen molar-refractivity contribution in [3.05, 3.63) is 12.2 Å². The second kappa shape index (κ2) is 39.4. The van der Waals surface area contributed by atoms with Crippen LogP contribution in [0.1, 0.15) is 226 Å². The first kappa shape index (κ1) is 56.9. The van der Waals surface area contributed by atoms with Gasteiger partial charge in [-0.2, -0.15) is 0 Å². The van der Waals surface area contributed by atoms with E-state index in [4.69, 9.17) is 9.47 Å². The Kier molecular flexibility index (Phi) is 37.4. The molecule has 356 valence electrons. The van der Waals surface area contributed by atoms with E-state index in [0.29, 0.717) is 12.8 Å². The lowest BCUT2D eigenvalue weighted by atomic mass is 9.98. The fourth-order valence-corrected chi connectivity index (χ4v) is 8.15. The predicted octanol–water partition coefficient (Wildman–Crippen LogP) is 8.84. The van der Waals surface area contributed by atoms with E-state index in [9.17, 15) is 40.5 Å². The number of aliphatic hydroxyl groups excluding tert-OH is 7. The number of hydrogen-bond acceptors (Lipinski definition) is 10. The molecule has 1 fully saturated rings. The molecule has 0 spiro atoms. The molecule has 0 aromatic heterocycles. The minimum absolute atomic E-state index is 0.259. The minimum atomic E-state index is -1.66. The molecule has 9 unspecified atom stereocenters. The molecule has 1 aliphatic rings. The Hall–Kier alpha value is -1.15. The van der Waals surface area contributed by atoms with Gasteiger partial charge < -0.3 is 50.5 Å². The van der Waals surface area contributed by atoms with Crippen molar-refractivity contribution in [2.45, 2.75) is 281 Å². The molecule has 1 saturated heterocycles. The number of hydrogen-bond donors (Lipinski definition) is 8. The molecular formula is C49H95NO10. The highest BCUT2D eigenvalue weighted by Crippen LogP contribution is 2.23. The maximum Gasteiger partial charge on any atom is 0.249 e. The standard InChI is InChI=1S/C49H95NO10/c1-3-5-7-9-11-13-15-17-19-20-21-22-23-25-27-29-31-33-35-37-42(53)48(58)50-40(39-59-49-47(57)46(56)45(55)43(38-51)60-49)44(54)41(52)36-34-32-30-28-26-24-18-16-14-12-10-8-6-4-2/h28,30,40-47,49,51-57H,3-27,29,31-39H2,1-2H3,(H,50,58)/b30-28+. The Labute approximate surface area is 366 Å². The number of carbonyl (C=O) groups is 1. The molecule has 9 atom stereocenters. The van der Waals surface area contributed by atoms with Crippen LogP contribution in [-0.4, -0.2) is 110 Å². The van der Waals surface area contributed by atoms with Crippen molar-refractivity contribution in [3.8, 4) is 0 Å². The third kappa shape index (κ3) is 28.5. The van der Waals surface area contributed by atoms with Crippen LogP contribution in [0.15, 0.2) is 12.2 Å². The molecule has 0 aromatic carbocycles. The molecule has 0 radical (unpaired) electrons. The summed E-state index contributed by atoms with van der Waals surface area (Å²) in [4.78, 5) is 13.1. The van der Waals surface area contributed by atoms with Crippen LogP contribution in [0.5, 0.6) is 0 Å². The van der Waals surface area contributed by atoms with Gasteiger partial charge in [0, 0.05) is 0 Å². The van der Waals surface area contributed by atoms with Crippen LogP contribution < -0.4 is 5.32 Å². The van der Waals surface area contributed by atoms with Gasteiger partial charge in [-0.3, -0.25) is 4.79 Å². The van der Waals surface area contributed by atoms with Crippen LogP contribution in [0.4, 0.5) is 0 Å². The van der Waals surface area contributed by atoms with E-state index >= 15 is 0 Å². The van der Waals surface area contributed by atoms with Gasteiger partial charge in [0.05, 0.1) is 25.4 Å². The van der Waals surface area contributed by atoms with E-state index in [-0.39, 0.29) is 12.8 Å². The number of rotatable bonds is 42. The van der Waals surface area contributed by atoms with E-state index in [1.807, 2.05) is 0 Å². The Morgan fingerprint density at radius 1 is 0.567 bits per heavy atom. The van der Waals surface area contributed by atoms with E-state index < -0.39 is 74.2 Å². The van der Waals surface area contributed by atoms with Gasteiger partial charge in [-0.15, -0.1) is 0 Å². The Morgan fingerprint density at radius 3 is 1.43 bits per heavy atom. The maximum atomic E-state index is 13.1. The first-order valence-electron chi connectivity index (χ1n) is 25.1. The lowest BCUT2D eigenvalue weighted by molar-refractivity contribution is -0.303. The molecule has 0 saturated carbocycles. The van der Waals surface area contributed by atoms with Gasteiger partial charge in [-0.05, 0) is 38.5 Å². The summed E-state index contributed by atoms with van der Waals surface area (Å²) in [5.41, 5.74) is 0. The predicted molar refractivity (Wildman–Crippen MR) is 243 cm³/mol. The minimum Gasteiger partial charge on any atom is -0.394 e. The highest BCUT2D eigenvalue weighted by atomic mass is 16.7. The third-order valence-corrected chi connectivity index (χ3v) is 12.3. The second-order valence-corrected chi connectivity index (χ2v) is 17.9. The van der Waals surface area contributed by atoms with Crippen molar-refractivity contribution >= 4 is 5.91 Å². The summed E-state index contributed by atoms with van der Waals surface area (Å²) in [6.07, 6.45) is 31.2. The SMILES string of the molecule is CCCCCCCCCCC/C=C/CCCC(O)C(O)C(COC1OC(CO)C(O)C(O)C1O)NC(=O)C(O)CCCCCCCCCCCCCCCCCCCCC. The molecule has 1 heterocycles. The number of unbranched alkanes of at least 4 members (excludes halogenated alkanes) is 28. The largest absolute Gasteiger partial charge is 0.394 e. The van der Waals surface area contributed by atoms with Crippen LogP contribution in [0, 0.1) is 0 Å². The fraction of sp³-hybridized carbons (Fsp3) is 0.939. The Bertz CT molecular complexity index is 986. The first-order chi connectivity index (χ1) is 29.2. The molecule has 0 aliphatic carbocycles. The molecule has 0 aromatic rings. The van der Waals surface area contributed by atoms with E-state index in [2.05, 4.69) is 31.3 Å². The van der Waals surface area contributed by atoms with Gasteiger partial charge in [-0.1, -0.05) is 199 Å². The summed E-state index contributed by atoms with van der Waals surface area (Å²) in [7, 11) is 0. The van der Waals surface area contributed by atoms with Crippen LogP contribution in [0.3, 0.4) is 0 Å². The third-order valence-electron chi connectivity index (χ3n) is 12.3. The number of carbonyl (C=O) groups excluding carboxylic acids is 1. The average Bonchev–Trinajstić information content (AvgIpc) is 3.25. The van der Waals surface area contributed by atoms with Crippen molar-refractivity contribution in [3.63, 3.8) is 0 Å². The number of allylic oxidation sites excluding steroid dienone is 2. The van der Waals surface area contributed by atoms with Crippen LogP contribution in [0.2, 0.25) is 0 Å². The normalized spacial score (nSPS) is 21.6. The van der Waals surface area contributed by atoms with Crippen molar-refractivity contribution in [2.75, 3.05) is 13.2 Å². The van der Waals surface area contributed by atoms with Crippen molar-refractivity contribution in [1.82, 2.24) is 5.32 Å². The maximum absolute atomic E-state index is 13.1. The number of nitrogens with one attached hydrogen (secondary N) is 1. The fourth-order valence-electron chi connectivity index (χ4n) is 8.15. The quantitative estimate of drug-likeness (QED) is 0.0218. The van der Waals surface area contributed by atoms with E-state index in [0.717, 1.165) is 38.5 Å². The zero-order chi connectivity index (χ0) is 44.1. The summed E-state index contributed by atoms with van der Waals surface area (Å²) in [5, 5.41) is 75.7. The number of amides is 1. The molecule has 0 bridgehead atoms. The monoisotopic (exact) mass is 858 g/mol. The van der Waals surface area contributed by atoms with E-state index in [1.54, 1.807) is 0 Å². The lowest BCUT2D eigenvalue weighted by Crippen LogP contribution is -2.60. The molecule has 1 aliphatic heterocycles. The lowest BCUT2D eigenvalue weighted by Gasteiger charge is -2.40. The molecule has 1 amide bonds. The molecule has 8 N–H and O–H groups in total. The topological polar surface area (TPSA) is 189 Å². The van der Waals surface area contributed by atoms with Crippen molar-refractivity contribution in [1.29, 1.82) is 0 Å². The smallest absolute Gasteiger partial charge is 0.249 e. The van der Waals surface area contributed by atoms with Gasteiger partial charge >= 0.3 is 0 Å². The average molecular weight is 858 g/mol. The number of aliphatic hydroxyl groups is 7. The van der Waals surface area contributed by atoms with Crippen LogP contribution in [-0.2, 0) is 14.3 Å². The summed E-state index contributed by atoms with van der Waals surface area (Å²) in [6.45, 7) is 3.44. The van der Waals surface area contributed by atoms with Gasteiger partial charge in [0.25, 0.3) is 0 Å². The Balaban J connectivity index is 2.40. The van der Waals surface area contributed by atoms with Gasteiger partial charge in [0.15, 0.2) is 6.29 Å². The van der Waals surface area contributed by atoms with Gasteiger partial charge in [0.1, 0.15) is 36.6 Å². The molecule has 60 heavy (non-hydrogen) atoms. The number of ether oxygens (including phenoxy) is 2. The molecule has 1 rings (SSSR count).